The van der Waals surface area contributed by atoms with Crippen LogP contribution < -0.4 is 15.9 Å². The molecule has 4 aromatic rings. The Labute approximate surface area is 181 Å². The highest BCUT2D eigenvalue weighted by molar-refractivity contribution is 6.01. The third-order valence-electron chi connectivity index (χ3n) is 4.97. The summed E-state index contributed by atoms with van der Waals surface area (Å²) >= 11 is 0. The fraction of sp³-hybridized carbons (Fsp3) is 0.0769. The van der Waals surface area contributed by atoms with Crippen LogP contribution in [0.1, 0.15) is 28.4 Å². The summed E-state index contributed by atoms with van der Waals surface area (Å²) in [6.45, 7) is 2.25. The summed E-state index contributed by atoms with van der Waals surface area (Å²) in [6.07, 6.45) is 0. The minimum absolute atomic E-state index is 0.273. The number of rotatable bonds is 6. The SMILES string of the molecule is C/C(=N\NC(=O)c1ccc(COc2ccc3ccccc3c2)cc1)c1cccc(N)c1. The van der Waals surface area contributed by atoms with E-state index in [0.717, 1.165) is 22.3 Å². The molecular weight excluding hydrogens is 386 g/mol. The number of hydrazone groups is 1. The Bertz CT molecular complexity index is 1250. The van der Waals surface area contributed by atoms with Gasteiger partial charge >= 0.3 is 0 Å². The number of hydrogen-bond acceptors (Lipinski definition) is 4. The van der Waals surface area contributed by atoms with Crippen molar-refractivity contribution in [3.8, 4) is 5.75 Å². The van der Waals surface area contributed by atoms with Crippen LogP contribution in [-0.2, 0) is 6.61 Å². The second kappa shape index (κ2) is 9.13. The number of carbonyl (C=O) groups excluding carboxylic acids is 1. The molecule has 31 heavy (non-hydrogen) atoms. The molecule has 4 rings (SSSR count). The minimum atomic E-state index is -0.273. The Balaban J connectivity index is 1.35. The molecule has 0 saturated heterocycles. The zero-order chi connectivity index (χ0) is 21.6. The summed E-state index contributed by atoms with van der Waals surface area (Å²) < 4.78 is 5.91. The fourth-order valence-electron chi connectivity index (χ4n) is 3.20. The molecule has 5 nitrogen and oxygen atoms in total. The predicted molar refractivity (Wildman–Crippen MR) is 125 cm³/mol. The van der Waals surface area contributed by atoms with Gasteiger partial charge in [0.15, 0.2) is 0 Å². The van der Waals surface area contributed by atoms with Gasteiger partial charge < -0.3 is 10.5 Å². The van der Waals surface area contributed by atoms with E-state index in [-0.39, 0.29) is 5.91 Å². The molecule has 0 aromatic heterocycles. The van der Waals surface area contributed by atoms with E-state index in [4.69, 9.17) is 10.5 Å². The smallest absolute Gasteiger partial charge is 0.271 e. The Kier molecular flexibility index (Phi) is 5.94. The largest absolute Gasteiger partial charge is 0.489 e. The molecule has 0 aliphatic rings. The zero-order valence-electron chi connectivity index (χ0n) is 17.2. The second-order valence-electron chi connectivity index (χ2n) is 7.26. The number of nitrogens with zero attached hydrogens (tertiary/aromatic N) is 1. The van der Waals surface area contributed by atoms with Crippen molar-refractivity contribution >= 4 is 28.1 Å². The Morgan fingerprint density at radius 2 is 1.65 bits per heavy atom. The van der Waals surface area contributed by atoms with E-state index < -0.39 is 0 Å². The van der Waals surface area contributed by atoms with Crippen LogP contribution in [0.5, 0.6) is 5.75 Å². The van der Waals surface area contributed by atoms with E-state index in [9.17, 15) is 4.79 Å². The summed E-state index contributed by atoms with van der Waals surface area (Å²) in [6, 6.07) is 28.9. The van der Waals surface area contributed by atoms with Crippen molar-refractivity contribution in [3.05, 3.63) is 108 Å². The van der Waals surface area contributed by atoms with E-state index in [1.807, 2.05) is 67.6 Å². The molecule has 0 unspecified atom stereocenters. The molecule has 0 spiro atoms. The van der Waals surface area contributed by atoms with Crippen molar-refractivity contribution in [1.29, 1.82) is 0 Å². The van der Waals surface area contributed by atoms with E-state index >= 15 is 0 Å². The van der Waals surface area contributed by atoms with Crippen LogP contribution in [0.3, 0.4) is 0 Å². The van der Waals surface area contributed by atoms with Crippen molar-refractivity contribution < 1.29 is 9.53 Å². The number of nitrogens with two attached hydrogens (primary N) is 1. The van der Waals surface area contributed by atoms with Crippen molar-refractivity contribution in [2.75, 3.05) is 5.73 Å². The van der Waals surface area contributed by atoms with Crippen LogP contribution in [0.25, 0.3) is 10.8 Å². The number of carbonyl (C=O) groups is 1. The number of anilines is 1. The number of benzene rings is 4. The van der Waals surface area contributed by atoms with Gasteiger partial charge in [0, 0.05) is 11.3 Å². The average Bonchev–Trinajstić information content (AvgIpc) is 2.81. The van der Waals surface area contributed by atoms with Gasteiger partial charge in [-0.25, -0.2) is 5.43 Å². The van der Waals surface area contributed by atoms with Crippen LogP contribution in [-0.4, -0.2) is 11.6 Å². The molecule has 0 bridgehead atoms. The zero-order valence-corrected chi connectivity index (χ0v) is 17.2. The number of hydrogen-bond donors (Lipinski definition) is 2. The summed E-state index contributed by atoms with van der Waals surface area (Å²) in [4.78, 5) is 12.4. The highest BCUT2D eigenvalue weighted by atomic mass is 16.5. The third-order valence-corrected chi connectivity index (χ3v) is 4.97. The number of amides is 1. The van der Waals surface area contributed by atoms with Gasteiger partial charge in [0.2, 0.25) is 0 Å². The molecule has 1 amide bonds. The van der Waals surface area contributed by atoms with Crippen molar-refractivity contribution in [1.82, 2.24) is 5.43 Å². The van der Waals surface area contributed by atoms with Gasteiger partial charge in [-0.1, -0.05) is 54.6 Å². The lowest BCUT2D eigenvalue weighted by Crippen LogP contribution is -2.19. The molecule has 5 heteroatoms. The number of nitrogen functional groups attached to an aromatic ring is 1. The van der Waals surface area contributed by atoms with E-state index in [0.29, 0.717) is 23.6 Å². The molecule has 154 valence electrons. The van der Waals surface area contributed by atoms with Gasteiger partial charge in [0.05, 0.1) is 5.71 Å². The first kappa shape index (κ1) is 20.2. The van der Waals surface area contributed by atoms with Crippen molar-refractivity contribution in [2.24, 2.45) is 5.10 Å². The summed E-state index contributed by atoms with van der Waals surface area (Å²) in [7, 11) is 0. The maximum absolute atomic E-state index is 12.4. The highest BCUT2D eigenvalue weighted by Crippen LogP contribution is 2.21. The van der Waals surface area contributed by atoms with Crippen molar-refractivity contribution in [2.45, 2.75) is 13.5 Å². The van der Waals surface area contributed by atoms with Crippen molar-refractivity contribution in [3.63, 3.8) is 0 Å². The normalized spacial score (nSPS) is 11.3. The van der Waals surface area contributed by atoms with E-state index in [1.54, 1.807) is 18.2 Å². The van der Waals surface area contributed by atoms with Gasteiger partial charge in [-0.15, -0.1) is 0 Å². The predicted octanol–water partition coefficient (Wildman–Crippen LogP) is 5.16. The first-order chi connectivity index (χ1) is 15.1. The van der Waals surface area contributed by atoms with Crippen LogP contribution in [0.15, 0.2) is 96.1 Å². The molecule has 0 atom stereocenters. The van der Waals surface area contributed by atoms with Gasteiger partial charge in [-0.2, -0.15) is 5.10 Å². The lowest BCUT2D eigenvalue weighted by molar-refractivity contribution is 0.0955. The van der Waals surface area contributed by atoms with Crippen LogP contribution in [0, 0.1) is 0 Å². The molecule has 0 heterocycles. The molecule has 0 radical (unpaired) electrons. The summed E-state index contributed by atoms with van der Waals surface area (Å²) in [5.74, 6) is 0.539. The van der Waals surface area contributed by atoms with E-state index in [2.05, 4.69) is 22.7 Å². The average molecular weight is 409 g/mol. The highest BCUT2D eigenvalue weighted by Gasteiger charge is 2.06. The van der Waals surface area contributed by atoms with Gasteiger partial charge in [0.1, 0.15) is 12.4 Å². The molecule has 0 saturated carbocycles. The number of nitrogens with one attached hydrogen (secondary N) is 1. The fourth-order valence-corrected chi connectivity index (χ4v) is 3.20. The summed E-state index contributed by atoms with van der Waals surface area (Å²) in [5, 5.41) is 6.49. The Morgan fingerprint density at radius 3 is 2.42 bits per heavy atom. The lowest BCUT2D eigenvalue weighted by atomic mass is 10.1. The Morgan fingerprint density at radius 1 is 0.871 bits per heavy atom. The van der Waals surface area contributed by atoms with Gasteiger partial charge in [0.25, 0.3) is 5.91 Å². The van der Waals surface area contributed by atoms with Crippen LogP contribution in [0.4, 0.5) is 5.69 Å². The van der Waals surface area contributed by atoms with Gasteiger partial charge in [-0.3, -0.25) is 4.79 Å². The molecule has 0 aliphatic carbocycles. The second-order valence-corrected chi connectivity index (χ2v) is 7.26. The monoisotopic (exact) mass is 409 g/mol. The molecule has 0 fully saturated rings. The van der Waals surface area contributed by atoms with E-state index in [1.165, 1.54) is 5.39 Å². The summed E-state index contributed by atoms with van der Waals surface area (Å²) in [5.41, 5.74) is 12.1. The molecule has 4 aromatic carbocycles. The van der Waals surface area contributed by atoms with Crippen LogP contribution in [0.2, 0.25) is 0 Å². The number of ether oxygens (including phenoxy) is 1. The maximum Gasteiger partial charge on any atom is 0.271 e. The topological polar surface area (TPSA) is 76.7 Å². The first-order valence-corrected chi connectivity index (χ1v) is 9.99. The Hall–Kier alpha value is -4.12. The standard InChI is InChI=1S/C26H23N3O2/c1-18(22-7-4-8-24(27)15-22)28-29-26(30)21-11-9-19(10-12-21)17-31-25-14-13-20-5-2-3-6-23(20)16-25/h2-16H,17,27H2,1H3,(H,29,30)/b28-18+. The van der Waals surface area contributed by atoms with Gasteiger partial charge in [-0.05, 0) is 65.2 Å². The molecule has 0 aliphatic heterocycles. The third kappa shape index (κ3) is 5.08. The lowest BCUT2D eigenvalue weighted by Gasteiger charge is -2.08. The molecule has 3 N–H and O–H groups in total. The quantitative estimate of drug-likeness (QED) is 0.262. The number of fused-ring (bicyclic) bond motifs is 1. The minimum Gasteiger partial charge on any atom is -0.489 e. The first-order valence-electron chi connectivity index (χ1n) is 9.99. The molecular formula is C26H23N3O2. The van der Waals surface area contributed by atoms with Crippen LogP contribution >= 0.6 is 0 Å². The maximum atomic E-state index is 12.4.